The quantitative estimate of drug-likeness (QED) is 0.773. The van der Waals surface area contributed by atoms with E-state index >= 15 is 0 Å². The molecular formula is C12H15ClFN. The highest BCUT2D eigenvalue weighted by atomic mass is 35.5. The highest BCUT2D eigenvalue weighted by Crippen LogP contribution is 2.30. The van der Waals surface area contributed by atoms with Gasteiger partial charge >= 0.3 is 0 Å². The maximum Gasteiger partial charge on any atom is 0.142 e. The van der Waals surface area contributed by atoms with Crippen molar-refractivity contribution in [3.05, 3.63) is 34.1 Å². The van der Waals surface area contributed by atoms with Gasteiger partial charge in [-0.25, -0.2) is 4.39 Å². The average molecular weight is 228 g/mol. The van der Waals surface area contributed by atoms with E-state index in [9.17, 15) is 4.39 Å². The van der Waals surface area contributed by atoms with Crippen LogP contribution < -0.4 is 5.32 Å². The van der Waals surface area contributed by atoms with E-state index in [1.165, 1.54) is 18.9 Å². The second kappa shape index (κ2) is 4.50. The number of piperidine rings is 1. The molecule has 0 saturated carbocycles. The summed E-state index contributed by atoms with van der Waals surface area (Å²) in [5, 5.41) is 3.71. The summed E-state index contributed by atoms with van der Waals surface area (Å²) in [5.74, 6) is -0.325. The smallest absolute Gasteiger partial charge is 0.142 e. The van der Waals surface area contributed by atoms with Crippen LogP contribution >= 0.6 is 11.6 Å². The van der Waals surface area contributed by atoms with Crippen LogP contribution in [0.4, 0.5) is 4.39 Å². The fourth-order valence-electron chi connectivity index (χ4n) is 2.16. The summed E-state index contributed by atoms with van der Waals surface area (Å²) in [6, 6.07) is 3.65. The van der Waals surface area contributed by atoms with Crippen LogP contribution in [-0.4, -0.2) is 6.54 Å². The molecule has 1 saturated heterocycles. The molecule has 0 aliphatic carbocycles. The molecule has 82 valence electrons. The third-order valence-electron chi connectivity index (χ3n) is 3.07. The van der Waals surface area contributed by atoms with E-state index in [2.05, 4.69) is 5.32 Å². The molecule has 1 unspecified atom stereocenters. The molecule has 3 heteroatoms. The standard InChI is InChI=1S/C12H15ClFN/c1-8-9(5-6-10(14)12(8)13)11-4-2-3-7-15-11/h5-6,11,15H,2-4,7H2,1H3. The predicted octanol–water partition coefficient (Wildman–Crippen LogP) is 3.60. The average Bonchev–Trinajstić information content (AvgIpc) is 2.27. The number of hydrogen-bond donors (Lipinski definition) is 1. The summed E-state index contributed by atoms with van der Waals surface area (Å²) < 4.78 is 13.2. The maximum absolute atomic E-state index is 13.2. The number of halogens is 2. The topological polar surface area (TPSA) is 12.0 Å². The van der Waals surface area contributed by atoms with Gasteiger partial charge in [-0.1, -0.05) is 24.1 Å². The summed E-state index contributed by atoms with van der Waals surface area (Å²) in [7, 11) is 0. The fraction of sp³-hybridized carbons (Fsp3) is 0.500. The van der Waals surface area contributed by atoms with E-state index < -0.39 is 0 Å². The Kier molecular flexibility index (Phi) is 3.27. The maximum atomic E-state index is 13.2. The lowest BCUT2D eigenvalue weighted by atomic mass is 9.94. The van der Waals surface area contributed by atoms with Crippen LogP contribution in [0.3, 0.4) is 0 Å². The van der Waals surface area contributed by atoms with Gasteiger partial charge in [-0.2, -0.15) is 0 Å². The molecule has 1 aliphatic rings. The highest BCUT2D eigenvalue weighted by molar-refractivity contribution is 6.31. The molecule has 1 aliphatic heterocycles. The van der Waals surface area contributed by atoms with Gasteiger partial charge in [0.05, 0.1) is 5.02 Å². The zero-order valence-corrected chi connectivity index (χ0v) is 9.57. The Labute approximate surface area is 94.6 Å². The molecule has 1 aromatic carbocycles. The van der Waals surface area contributed by atoms with Crippen LogP contribution in [0, 0.1) is 12.7 Å². The molecule has 1 fully saturated rings. The van der Waals surface area contributed by atoms with E-state index in [1.807, 2.05) is 13.0 Å². The number of rotatable bonds is 1. The van der Waals surface area contributed by atoms with Crippen LogP contribution in [0.2, 0.25) is 5.02 Å². The Morgan fingerprint density at radius 3 is 2.87 bits per heavy atom. The van der Waals surface area contributed by atoms with Gasteiger partial charge in [-0.15, -0.1) is 0 Å². The zero-order chi connectivity index (χ0) is 10.8. The molecule has 0 radical (unpaired) electrons. The van der Waals surface area contributed by atoms with Gasteiger partial charge in [-0.3, -0.25) is 0 Å². The Bertz CT molecular complexity index is 359. The Hall–Kier alpha value is -0.600. The first kappa shape index (κ1) is 10.9. The largest absolute Gasteiger partial charge is 0.310 e. The lowest BCUT2D eigenvalue weighted by Gasteiger charge is -2.25. The molecule has 1 nitrogen and oxygen atoms in total. The van der Waals surface area contributed by atoms with E-state index in [4.69, 9.17) is 11.6 Å². The molecule has 15 heavy (non-hydrogen) atoms. The number of hydrogen-bond acceptors (Lipinski definition) is 1. The van der Waals surface area contributed by atoms with Crippen LogP contribution in [0.15, 0.2) is 12.1 Å². The number of benzene rings is 1. The molecule has 0 spiro atoms. The fourth-order valence-corrected chi connectivity index (χ4v) is 2.33. The van der Waals surface area contributed by atoms with E-state index in [-0.39, 0.29) is 10.8 Å². The first-order valence-corrected chi connectivity index (χ1v) is 5.76. The molecule has 1 atom stereocenters. The molecular weight excluding hydrogens is 213 g/mol. The normalized spacial score (nSPS) is 21.7. The Morgan fingerprint density at radius 2 is 2.20 bits per heavy atom. The van der Waals surface area contributed by atoms with Crippen molar-refractivity contribution in [2.24, 2.45) is 0 Å². The molecule has 1 N–H and O–H groups in total. The summed E-state index contributed by atoms with van der Waals surface area (Å²) in [6.07, 6.45) is 3.57. The van der Waals surface area contributed by atoms with Gasteiger partial charge in [-0.05, 0) is 43.5 Å². The van der Waals surface area contributed by atoms with Gasteiger partial charge in [0, 0.05) is 6.04 Å². The summed E-state index contributed by atoms with van der Waals surface area (Å²) in [5.41, 5.74) is 2.01. The van der Waals surface area contributed by atoms with Crippen LogP contribution in [-0.2, 0) is 0 Å². The molecule has 0 aromatic heterocycles. The molecule has 1 heterocycles. The van der Waals surface area contributed by atoms with Crippen LogP contribution in [0.5, 0.6) is 0 Å². The van der Waals surface area contributed by atoms with Crippen LogP contribution in [0.25, 0.3) is 0 Å². The van der Waals surface area contributed by atoms with E-state index in [0.717, 1.165) is 24.1 Å². The minimum atomic E-state index is -0.325. The van der Waals surface area contributed by atoms with Gasteiger partial charge in [0.2, 0.25) is 0 Å². The second-order valence-corrected chi connectivity index (χ2v) is 4.46. The molecule has 2 rings (SSSR count). The minimum Gasteiger partial charge on any atom is -0.310 e. The van der Waals surface area contributed by atoms with Gasteiger partial charge in [0.25, 0.3) is 0 Å². The second-order valence-electron chi connectivity index (χ2n) is 4.08. The van der Waals surface area contributed by atoms with Gasteiger partial charge in [0.1, 0.15) is 5.82 Å². The van der Waals surface area contributed by atoms with Gasteiger partial charge < -0.3 is 5.32 Å². The van der Waals surface area contributed by atoms with E-state index in [0.29, 0.717) is 6.04 Å². The Balaban J connectivity index is 2.31. The van der Waals surface area contributed by atoms with Crippen molar-refractivity contribution in [1.82, 2.24) is 5.32 Å². The highest BCUT2D eigenvalue weighted by Gasteiger charge is 2.18. The first-order chi connectivity index (χ1) is 7.20. The molecule has 0 amide bonds. The molecule has 0 bridgehead atoms. The molecule has 1 aromatic rings. The number of nitrogens with one attached hydrogen (secondary N) is 1. The van der Waals surface area contributed by atoms with Crippen molar-refractivity contribution >= 4 is 11.6 Å². The van der Waals surface area contributed by atoms with Crippen molar-refractivity contribution < 1.29 is 4.39 Å². The monoisotopic (exact) mass is 227 g/mol. The summed E-state index contributed by atoms with van der Waals surface area (Å²) >= 11 is 5.90. The third-order valence-corrected chi connectivity index (χ3v) is 3.53. The van der Waals surface area contributed by atoms with Crippen molar-refractivity contribution in [3.8, 4) is 0 Å². The summed E-state index contributed by atoms with van der Waals surface area (Å²) in [6.45, 7) is 2.93. The first-order valence-electron chi connectivity index (χ1n) is 5.38. The zero-order valence-electron chi connectivity index (χ0n) is 8.82. The predicted molar refractivity (Wildman–Crippen MR) is 60.7 cm³/mol. The van der Waals surface area contributed by atoms with Crippen LogP contribution in [0.1, 0.15) is 36.4 Å². The van der Waals surface area contributed by atoms with Crippen molar-refractivity contribution in [1.29, 1.82) is 0 Å². The van der Waals surface area contributed by atoms with Crippen molar-refractivity contribution in [2.75, 3.05) is 6.54 Å². The van der Waals surface area contributed by atoms with Crippen molar-refractivity contribution in [2.45, 2.75) is 32.2 Å². The Morgan fingerprint density at radius 1 is 1.40 bits per heavy atom. The summed E-state index contributed by atoms with van der Waals surface area (Å²) in [4.78, 5) is 0. The lowest BCUT2D eigenvalue weighted by Crippen LogP contribution is -2.27. The van der Waals surface area contributed by atoms with Gasteiger partial charge in [0.15, 0.2) is 0 Å². The van der Waals surface area contributed by atoms with Crippen molar-refractivity contribution in [3.63, 3.8) is 0 Å². The SMILES string of the molecule is Cc1c(C2CCCCN2)ccc(F)c1Cl. The minimum absolute atomic E-state index is 0.264. The third kappa shape index (κ3) is 2.16. The van der Waals surface area contributed by atoms with E-state index in [1.54, 1.807) is 0 Å². The lowest BCUT2D eigenvalue weighted by molar-refractivity contribution is 0.410.